The number of nitrogens with zero attached hydrogens (tertiary/aromatic N) is 3. The van der Waals surface area contributed by atoms with Crippen molar-refractivity contribution in [2.75, 3.05) is 20.2 Å². The van der Waals surface area contributed by atoms with Crippen LogP contribution in [0.25, 0.3) is 15.3 Å². The normalized spacial score (nSPS) is 11.3. The number of amides is 1. The number of benzene rings is 1. The van der Waals surface area contributed by atoms with Crippen molar-refractivity contribution in [3.8, 4) is 5.75 Å². The third-order valence-corrected chi connectivity index (χ3v) is 5.79. The molecule has 25 heavy (non-hydrogen) atoms. The predicted molar refractivity (Wildman–Crippen MR) is 102 cm³/mol. The maximum absolute atomic E-state index is 12.6. The number of likely N-dealkylation sites (N-methyl/N-ethyl adjacent to an activating group) is 1. The summed E-state index contributed by atoms with van der Waals surface area (Å²) in [5, 5.41) is 2.62. The van der Waals surface area contributed by atoms with Gasteiger partial charge in [0.2, 0.25) is 0 Å². The Morgan fingerprint density at radius 3 is 3.12 bits per heavy atom. The molecule has 0 saturated carbocycles. The zero-order chi connectivity index (χ0) is 17.4. The van der Waals surface area contributed by atoms with Crippen LogP contribution < -0.4 is 4.74 Å². The molecule has 0 saturated heterocycles. The Bertz CT molecular complexity index is 1050. The molecular weight excluding hydrogens is 378 g/mol. The summed E-state index contributed by atoms with van der Waals surface area (Å²) in [4.78, 5) is 21.3. The van der Waals surface area contributed by atoms with Crippen LogP contribution in [-0.2, 0) is 0 Å². The van der Waals surface area contributed by atoms with E-state index >= 15 is 0 Å². The maximum Gasteiger partial charge on any atom is 0.263 e. The number of thiazole rings is 1. The molecule has 0 aliphatic rings. The largest absolute Gasteiger partial charge is 0.492 e. The molecule has 8 heteroatoms. The monoisotopic (exact) mass is 391 g/mol. The molecule has 0 aliphatic carbocycles. The van der Waals surface area contributed by atoms with Gasteiger partial charge in [-0.3, -0.25) is 9.20 Å². The Morgan fingerprint density at radius 1 is 1.40 bits per heavy atom. The molecule has 0 fully saturated rings. The number of carbonyl (C=O) groups is 1. The average molecular weight is 392 g/mol. The fourth-order valence-electron chi connectivity index (χ4n) is 2.50. The minimum absolute atomic E-state index is 0.0262. The quantitative estimate of drug-likeness (QED) is 0.506. The topological polar surface area (TPSA) is 46.8 Å². The van der Waals surface area contributed by atoms with Gasteiger partial charge in [0.25, 0.3) is 5.91 Å². The third-order valence-electron chi connectivity index (χ3n) is 3.79. The summed E-state index contributed by atoms with van der Waals surface area (Å²) < 4.78 is 7.65. The van der Waals surface area contributed by atoms with E-state index in [-0.39, 0.29) is 5.91 Å². The number of rotatable bonds is 5. The first-order chi connectivity index (χ1) is 12.1. The highest BCUT2D eigenvalue weighted by atomic mass is 35.5. The highest BCUT2D eigenvalue weighted by Crippen LogP contribution is 2.28. The van der Waals surface area contributed by atoms with Crippen molar-refractivity contribution in [2.24, 2.45) is 0 Å². The van der Waals surface area contributed by atoms with Gasteiger partial charge in [0.05, 0.1) is 16.9 Å². The van der Waals surface area contributed by atoms with Crippen LogP contribution in [0, 0.1) is 0 Å². The standard InChI is InChI=1S/C17H14ClN3O2S2/c1-20(5-7-23-12-4-2-3-11(18)9-12)16(22)14-10-13-15(25-14)19-17-21(13)6-8-24-17/h2-4,6,8-10H,5,7H2,1H3. The molecule has 1 amide bonds. The van der Waals surface area contributed by atoms with E-state index in [4.69, 9.17) is 16.3 Å². The Balaban J connectivity index is 1.42. The second kappa shape index (κ2) is 6.67. The number of fused-ring (bicyclic) bond motifs is 3. The van der Waals surface area contributed by atoms with Gasteiger partial charge in [0.1, 0.15) is 17.2 Å². The highest BCUT2D eigenvalue weighted by molar-refractivity contribution is 7.21. The van der Waals surface area contributed by atoms with Crippen molar-refractivity contribution in [1.29, 1.82) is 0 Å². The molecule has 0 bridgehead atoms. The van der Waals surface area contributed by atoms with Crippen LogP contribution in [-0.4, -0.2) is 40.4 Å². The van der Waals surface area contributed by atoms with Crippen molar-refractivity contribution >= 4 is 55.5 Å². The van der Waals surface area contributed by atoms with E-state index in [0.29, 0.717) is 28.8 Å². The fourth-order valence-corrected chi connectivity index (χ4v) is 4.47. The SMILES string of the molecule is CN(CCOc1cccc(Cl)c1)C(=O)c1cc2c(nc3sccn32)s1. The molecule has 0 atom stereocenters. The Labute approximate surface area is 157 Å². The lowest BCUT2D eigenvalue weighted by molar-refractivity contribution is 0.0778. The minimum atomic E-state index is -0.0262. The number of ether oxygens (including phenoxy) is 1. The summed E-state index contributed by atoms with van der Waals surface area (Å²) in [6.07, 6.45) is 1.97. The number of hydrogen-bond acceptors (Lipinski definition) is 5. The summed E-state index contributed by atoms with van der Waals surface area (Å²) in [7, 11) is 1.77. The molecule has 0 spiro atoms. The lowest BCUT2D eigenvalue weighted by Gasteiger charge is -2.16. The summed E-state index contributed by atoms with van der Waals surface area (Å²) in [6, 6.07) is 9.13. The van der Waals surface area contributed by atoms with Gasteiger partial charge in [0, 0.05) is 23.6 Å². The van der Waals surface area contributed by atoms with E-state index in [1.54, 1.807) is 35.4 Å². The van der Waals surface area contributed by atoms with Crippen molar-refractivity contribution in [3.63, 3.8) is 0 Å². The summed E-state index contributed by atoms with van der Waals surface area (Å²) >= 11 is 8.93. The van der Waals surface area contributed by atoms with Gasteiger partial charge in [-0.2, -0.15) is 0 Å². The lowest BCUT2D eigenvalue weighted by atomic mass is 10.3. The first-order valence-electron chi connectivity index (χ1n) is 7.61. The predicted octanol–water partition coefficient (Wildman–Crippen LogP) is 4.41. The highest BCUT2D eigenvalue weighted by Gasteiger charge is 2.18. The van der Waals surface area contributed by atoms with Crippen LogP contribution >= 0.6 is 34.3 Å². The van der Waals surface area contributed by atoms with Crippen LogP contribution in [0.5, 0.6) is 5.75 Å². The van der Waals surface area contributed by atoms with E-state index in [0.717, 1.165) is 15.3 Å². The molecule has 3 aromatic heterocycles. The second-order valence-corrected chi connectivity index (χ2v) is 7.84. The molecular formula is C17H14ClN3O2S2. The molecule has 1 aromatic carbocycles. The van der Waals surface area contributed by atoms with Crippen LogP contribution in [0.1, 0.15) is 9.67 Å². The number of imidazole rings is 1. The third kappa shape index (κ3) is 3.22. The summed E-state index contributed by atoms with van der Waals surface area (Å²) in [5.41, 5.74) is 0.980. The molecule has 0 N–H and O–H groups in total. The van der Waals surface area contributed by atoms with Crippen molar-refractivity contribution in [3.05, 3.63) is 51.8 Å². The van der Waals surface area contributed by atoms with E-state index in [9.17, 15) is 4.79 Å². The first-order valence-corrected chi connectivity index (χ1v) is 9.68. The van der Waals surface area contributed by atoms with Crippen LogP contribution in [0.15, 0.2) is 41.9 Å². The zero-order valence-corrected chi connectivity index (χ0v) is 15.7. The number of carbonyl (C=O) groups excluding carboxylic acids is 1. The van der Waals surface area contributed by atoms with E-state index in [1.165, 1.54) is 11.3 Å². The summed E-state index contributed by atoms with van der Waals surface area (Å²) in [5.74, 6) is 0.672. The number of halogens is 1. The fraction of sp³-hybridized carbons (Fsp3) is 0.176. The summed E-state index contributed by atoms with van der Waals surface area (Å²) in [6.45, 7) is 0.892. The first kappa shape index (κ1) is 16.4. The zero-order valence-electron chi connectivity index (χ0n) is 13.3. The average Bonchev–Trinajstić information content (AvgIpc) is 3.26. The maximum atomic E-state index is 12.6. The number of aromatic nitrogens is 2. The van der Waals surface area contributed by atoms with Gasteiger partial charge in [-0.1, -0.05) is 17.7 Å². The van der Waals surface area contributed by atoms with Crippen molar-refractivity contribution < 1.29 is 9.53 Å². The van der Waals surface area contributed by atoms with E-state index in [1.807, 2.05) is 34.2 Å². The Morgan fingerprint density at radius 2 is 2.28 bits per heavy atom. The smallest absolute Gasteiger partial charge is 0.263 e. The van der Waals surface area contributed by atoms with Crippen LogP contribution in [0.4, 0.5) is 0 Å². The van der Waals surface area contributed by atoms with Crippen molar-refractivity contribution in [1.82, 2.24) is 14.3 Å². The van der Waals surface area contributed by atoms with Gasteiger partial charge in [-0.15, -0.1) is 22.7 Å². The van der Waals surface area contributed by atoms with Gasteiger partial charge in [0.15, 0.2) is 4.96 Å². The van der Waals surface area contributed by atoms with E-state index in [2.05, 4.69) is 4.98 Å². The molecule has 5 nitrogen and oxygen atoms in total. The molecule has 3 heterocycles. The minimum Gasteiger partial charge on any atom is -0.492 e. The second-order valence-electron chi connectivity index (χ2n) is 5.50. The van der Waals surface area contributed by atoms with E-state index < -0.39 is 0 Å². The lowest BCUT2D eigenvalue weighted by Crippen LogP contribution is -2.30. The van der Waals surface area contributed by atoms with Gasteiger partial charge >= 0.3 is 0 Å². The molecule has 4 rings (SSSR count). The molecule has 4 aromatic rings. The number of hydrogen-bond donors (Lipinski definition) is 0. The molecule has 0 unspecified atom stereocenters. The van der Waals surface area contributed by atoms with Crippen LogP contribution in [0.2, 0.25) is 5.02 Å². The van der Waals surface area contributed by atoms with Gasteiger partial charge in [-0.05, 0) is 24.3 Å². The molecule has 0 radical (unpaired) electrons. The Hall–Kier alpha value is -2.09. The van der Waals surface area contributed by atoms with Gasteiger partial charge in [-0.25, -0.2) is 4.98 Å². The number of thiophene rings is 1. The van der Waals surface area contributed by atoms with Crippen molar-refractivity contribution in [2.45, 2.75) is 0 Å². The van der Waals surface area contributed by atoms with Gasteiger partial charge < -0.3 is 9.64 Å². The molecule has 128 valence electrons. The Kier molecular flexibility index (Phi) is 4.37. The van der Waals surface area contributed by atoms with Crippen LogP contribution in [0.3, 0.4) is 0 Å². The molecule has 0 aliphatic heterocycles.